The molecule has 0 aliphatic rings. The standard InChI is InChI=1S/C18H18N2/c1-13-6-8-15(9-7-13)18(2,19)17-5-3-4-14-10-11-20-12-16(14)17/h3-12H,19H2,1-2H3. The van der Waals surface area contributed by atoms with Gasteiger partial charge in [-0.1, -0.05) is 48.0 Å². The van der Waals surface area contributed by atoms with Gasteiger partial charge >= 0.3 is 0 Å². The van der Waals surface area contributed by atoms with Crippen molar-refractivity contribution in [2.24, 2.45) is 5.73 Å². The van der Waals surface area contributed by atoms with E-state index in [0.29, 0.717) is 0 Å². The first kappa shape index (κ1) is 12.8. The van der Waals surface area contributed by atoms with Crippen LogP contribution in [0.3, 0.4) is 0 Å². The molecule has 1 aromatic heterocycles. The molecule has 2 heteroatoms. The van der Waals surface area contributed by atoms with Gasteiger partial charge in [0.05, 0.1) is 5.54 Å². The Morgan fingerprint density at radius 1 is 1.00 bits per heavy atom. The minimum Gasteiger partial charge on any atom is -0.318 e. The van der Waals surface area contributed by atoms with Crippen molar-refractivity contribution in [1.29, 1.82) is 0 Å². The third-order valence-electron chi connectivity index (χ3n) is 3.89. The lowest BCUT2D eigenvalue weighted by molar-refractivity contribution is 0.608. The lowest BCUT2D eigenvalue weighted by Crippen LogP contribution is -2.34. The summed E-state index contributed by atoms with van der Waals surface area (Å²) < 4.78 is 0. The van der Waals surface area contributed by atoms with Gasteiger partial charge < -0.3 is 5.73 Å². The molecule has 2 N–H and O–H groups in total. The highest BCUT2D eigenvalue weighted by atomic mass is 14.7. The SMILES string of the molecule is Cc1ccc(C(C)(N)c2cccc3ccncc23)cc1. The van der Waals surface area contributed by atoms with Crippen molar-refractivity contribution < 1.29 is 0 Å². The van der Waals surface area contributed by atoms with Crippen molar-refractivity contribution in [2.75, 3.05) is 0 Å². The average molecular weight is 262 g/mol. The Hall–Kier alpha value is -2.19. The van der Waals surface area contributed by atoms with Crippen LogP contribution in [0, 0.1) is 6.92 Å². The molecule has 0 saturated heterocycles. The summed E-state index contributed by atoms with van der Waals surface area (Å²) in [7, 11) is 0. The Morgan fingerprint density at radius 3 is 2.50 bits per heavy atom. The second-order valence-corrected chi connectivity index (χ2v) is 5.47. The first-order valence-corrected chi connectivity index (χ1v) is 6.78. The van der Waals surface area contributed by atoms with Crippen LogP contribution in [-0.2, 0) is 5.54 Å². The van der Waals surface area contributed by atoms with Crippen LogP contribution >= 0.6 is 0 Å². The third-order valence-corrected chi connectivity index (χ3v) is 3.89. The summed E-state index contributed by atoms with van der Waals surface area (Å²) in [5.74, 6) is 0. The molecule has 1 unspecified atom stereocenters. The highest BCUT2D eigenvalue weighted by molar-refractivity contribution is 5.86. The molecule has 3 rings (SSSR count). The predicted molar refractivity (Wildman–Crippen MR) is 83.6 cm³/mol. The molecule has 0 fully saturated rings. The van der Waals surface area contributed by atoms with E-state index in [9.17, 15) is 0 Å². The monoisotopic (exact) mass is 262 g/mol. The smallest absolute Gasteiger partial charge is 0.0643 e. The maximum Gasteiger partial charge on any atom is 0.0643 e. The number of pyridine rings is 1. The molecule has 2 aromatic carbocycles. The second-order valence-electron chi connectivity index (χ2n) is 5.47. The van der Waals surface area contributed by atoms with Crippen LogP contribution < -0.4 is 5.73 Å². The lowest BCUT2D eigenvalue weighted by Gasteiger charge is -2.27. The minimum absolute atomic E-state index is 0.532. The van der Waals surface area contributed by atoms with Crippen molar-refractivity contribution in [3.05, 3.63) is 77.6 Å². The Kier molecular flexibility index (Phi) is 3.03. The van der Waals surface area contributed by atoms with Crippen LogP contribution in [0.1, 0.15) is 23.6 Å². The van der Waals surface area contributed by atoms with Crippen LogP contribution in [0.4, 0.5) is 0 Å². The predicted octanol–water partition coefficient (Wildman–Crippen LogP) is 3.77. The maximum atomic E-state index is 6.65. The summed E-state index contributed by atoms with van der Waals surface area (Å²) in [6, 6.07) is 16.7. The van der Waals surface area contributed by atoms with E-state index in [0.717, 1.165) is 16.5 Å². The first-order chi connectivity index (χ1) is 9.59. The van der Waals surface area contributed by atoms with Crippen LogP contribution in [0.2, 0.25) is 0 Å². The van der Waals surface area contributed by atoms with Crippen molar-refractivity contribution >= 4 is 10.8 Å². The van der Waals surface area contributed by atoms with Gasteiger partial charge in [-0.25, -0.2) is 0 Å². The van der Waals surface area contributed by atoms with Gasteiger partial charge in [-0.3, -0.25) is 4.98 Å². The van der Waals surface area contributed by atoms with E-state index in [1.165, 1.54) is 10.9 Å². The van der Waals surface area contributed by atoms with Gasteiger partial charge in [-0.05, 0) is 36.4 Å². The summed E-state index contributed by atoms with van der Waals surface area (Å²) in [6.45, 7) is 4.14. The van der Waals surface area contributed by atoms with Crippen molar-refractivity contribution in [1.82, 2.24) is 4.98 Å². The Morgan fingerprint density at radius 2 is 1.75 bits per heavy atom. The molecule has 0 saturated carbocycles. The van der Waals surface area contributed by atoms with Gasteiger partial charge in [0.2, 0.25) is 0 Å². The van der Waals surface area contributed by atoms with Gasteiger partial charge in [-0.15, -0.1) is 0 Å². The Labute approximate surface area is 119 Å². The number of hydrogen-bond acceptors (Lipinski definition) is 2. The summed E-state index contributed by atoms with van der Waals surface area (Å²) >= 11 is 0. The number of hydrogen-bond donors (Lipinski definition) is 1. The molecule has 1 atom stereocenters. The average Bonchev–Trinajstić information content (AvgIpc) is 2.47. The zero-order valence-electron chi connectivity index (χ0n) is 11.8. The number of benzene rings is 2. The number of rotatable bonds is 2. The van der Waals surface area contributed by atoms with E-state index >= 15 is 0 Å². The largest absolute Gasteiger partial charge is 0.318 e. The number of aromatic nitrogens is 1. The normalized spacial score (nSPS) is 14.2. The number of nitrogens with two attached hydrogens (primary N) is 1. The molecule has 0 bridgehead atoms. The van der Waals surface area contributed by atoms with Crippen molar-refractivity contribution in [3.63, 3.8) is 0 Å². The van der Waals surface area contributed by atoms with Crippen LogP contribution in [0.5, 0.6) is 0 Å². The molecule has 0 amide bonds. The quantitative estimate of drug-likeness (QED) is 0.763. The van der Waals surface area contributed by atoms with Gasteiger partial charge in [0.15, 0.2) is 0 Å². The fourth-order valence-electron chi connectivity index (χ4n) is 2.62. The van der Waals surface area contributed by atoms with E-state index < -0.39 is 5.54 Å². The van der Waals surface area contributed by atoms with E-state index in [1.54, 1.807) is 0 Å². The minimum atomic E-state index is -0.532. The van der Waals surface area contributed by atoms with Gasteiger partial charge in [0, 0.05) is 17.8 Å². The zero-order chi connectivity index (χ0) is 14.2. The molecule has 0 radical (unpaired) electrons. The van der Waals surface area contributed by atoms with Gasteiger partial charge in [-0.2, -0.15) is 0 Å². The van der Waals surface area contributed by atoms with Gasteiger partial charge in [0.25, 0.3) is 0 Å². The molecule has 2 nitrogen and oxygen atoms in total. The van der Waals surface area contributed by atoms with E-state index in [4.69, 9.17) is 5.73 Å². The molecule has 0 aliphatic carbocycles. The van der Waals surface area contributed by atoms with Crippen LogP contribution in [0.25, 0.3) is 10.8 Å². The summed E-state index contributed by atoms with van der Waals surface area (Å²) in [5.41, 5.74) is 9.57. The van der Waals surface area contributed by atoms with E-state index in [1.807, 2.05) is 18.5 Å². The molecule has 0 spiro atoms. The highest BCUT2D eigenvalue weighted by Crippen LogP contribution is 2.31. The fourth-order valence-corrected chi connectivity index (χ4v) is 2.62. The number of nitrogens with zero attached hydrogens (tertiary/aromatic N) is 1. The summed E-state index contributed by atoms with van der Waals surface area (Å²) in [4.78, 5) is 4.24. The zero-order valence-corrected chi connectivity index (χ0v) is 11.8. The summed E-state index contributed by atoms with van der Waals surface area (Å²) in [5, 5.41) is 2.28. The van der Waals surface area contributed by atoms with E-state index in [2.05, 4.69) is 61.3 Å². The third kappa shape index (κ3) is 2.08. The molecular formula is C18H18N2. The van der Waals surface area contributed by atoms with Crippen molar-refractivity contribution in [2.45, 2.75) is 19.4 Å². The topological polar surface area (TPSA) is 38.9 Å². The molecule has 1 heterocycles. The molecular weight excluding hydrogens is 244 g/mol. The van der Waals surface area contributed by atoms with Crippen LogP contribution in [-0.4, -0.2) is 4.98 Å². The van der Waals surface area contributed by atoms with Gasteiger partial charge in [0.1, 0.15) is 0 Å². The second kappa shape index (κ2) is 4.73. The highest BCUT2D eigenvalue weighted by Gasteiger charge is 2.25. The molecule has 20 heavy (non-hydrogen) atoms. The number of aryl methyl sites for hydroxylation is 1. The fraction of sp³-hybridized carbons (Fsp3) is 0.167. The summed E-state index contributed by atoms with van der Waals surface area (Å²) in [6.07, 6.45) is 3.70. The molecule has 100 valence electrons. The number of fused-ring (bicyclic) bond motifs is 1. The molecule has 0 aliphatic heterocycles. The Balaban J connectivity index is 2.20. The van der Waals surface area contributed by atoms with E-state index in [-0.39, 0.29) is 0 Å². The maximum absolute atomic E-state index is 6.65. The molecule has 3 aromatic rings. The lowest BCUT2D eigenvalue weighted by atomic mass is 9.83. The van der Waals surface area contributed by atoms with Crippen molar-refractivity contribution in [3.8, 4) is 0 Å². The Bertz CT molecular complexity index is 737. The first-order valence-electron chi connectivity index (χ1n) is 6.78. The van der Waals surface area contributed by atoms with Crippen LogP contribution in [0.15, 0.2) is 60.9 Å².